The van der Waals surface area contributed by atoms with Gasteiger partial charge in [-0.25, -0.2) is 4.79 Å². The summed E-state index contributed by atoms with van der Waals surface area (Å²) >= 11 is 1.80. The summed E-state index contributed by atoms with van der Waals surface area (Å²) in [4.78, 5) is 22.0. The summed E-state index contributed by atoms with van der Waals surface area (Å²) in [5, 5.41) is 14.2. The summed E-state index contributed by atoms with van der Waals surface area (Å²) in [7, 11) is 0. The number of carbonyl (C=O) groups is 2. The maximum absolute atomic E-state index is 11.7. The third-order valence-corrected chi connectivity index (χ3v) is 5.23. The Balaban J connectivity index is 3.71. The van der Waals surface area contributed by atoms with E-state index in [1.165, 1.54) is 0 Å². The van der Waals surface area contributed by atoms with Gasteiger partial charge in [0.15, 0.2) is 0 Å². The minimum Gasteiger partial charge on any atom is -0.481 e. The molecule has 5 nitrogen and oxygen atoms in total. The molecule has 0 aromatic carbocycles. The minimum atomic E-state index is -0.761. The Morgan fingerprint density at radius 2 is 1.75 bits per heavy atom. The maximum atomic E-state index is 11.7. The van der Waals surface area contributed by atoms with E-state index in [1.807, 2.05) is 0 Å². The quantitative estimate of drug-likeness (QED) is 0.513. The van der Waals surface area contributed by atoms with E-state index in [-0.39, 0.29) is 17.2 Å². The van der Waals surface area contributed by atoms with Gasteiger partial charge in [0, 0.05) is 24.3 Å². The van der Waals surface area contributed by atoms with Crippen LogP contribution < -0.4 is 10.6 Å². The van der Waals surface area contributed by atoms with Crippen LogP contribution in [0.1, 0.15) is 52.4 Å². The zero-order chi connectivity index (χ0) is 15.4. The van der Waals surface area contributed by atoms with Crippen molar-refractivity contribution in [1.29, 1.82) is 0 Å². The topological polar surface area (TPSA) is 78.4 Å². The summed E-state index contributed by atoms with van der Waals surface area (Å²) in [6.07, 6.45) is 6.64. The maximum Gasteiger partial charge on any atom is 0.314 e. The Morgan fingerprint density at radius 3 is 2.25 bits per heavy atom. The lowest BCUT2D eigenvalue weighted by Crippen LogP contribution is -2.44. The van der Waals surface area contributed by atoms with Gasteiger partial charge < -0.3 is 15.7 Å². The zero-order valence-corrected chi connectivity index (χ0v) is 13.6. The van der Waals surface area contributed by atoms with Crippen molar-refractivity contribution in [2.75, 3.05) is 19.3 Å². The Morgan fingerprint density at radius 1 is 1.10 bits per heavy atom. The Kier molecular flexibility index (Phi) is 10.3. The van der Waals surface area contributed by atoms with Crippen LogP contribution in [0.15, 0.2) is 0 Å². The molecule has 0 spiro atoms. The van der Waals surface area contributed by atoms with Crippen molar-refractivity contribution < 1.29 is 14.7 Å². The van der Waals surface area contributed by atoms with Gasteiger partial charge in [0.05, 0.1) is 0 Å². The second-order valence-electron chi connectivity index (χ2n) is 4.91. The molecular formula is C14H28N2O3S. The van der Waals surface area contributed by atoms with Gasteiger partial charge >= 0.3 is 12.0 Å². The SMILES string of the molecule is CCC(CC)(CNC(=O)NCCCCCC(=O)O)SC. The van der Waals surface area contributed by atoms with E-state index < -0.39 is 5.97 Å². The number of aliphatic carboxylic acids is 1. The van der Waals surface area contributed by atoms with Crippen molar-refractivity contribution in [3.05, 3.63) is 0 Å². The number of thioether (sulfide) groups is 1. The average molecular weight is 304 g/mol. The molecule has 0 heterocycles. The van der Waals surface area contributed by atoms with Crippen LogP contribution in [0.3, 0.4) is 0 Å². The molecule has 6 heteroatoms. The lowest BCUT2D eigenvalue weighted by atomic mass is 10.0. The molecule has 0 bridgehead atoms. The number of unbranched alkanes of at least 4 members (excludes halogenated alkanes) is 2. The zero-order valence-electron chi connectivity index (χ0n) is 12.8. The van der Waals surface area contributed by atoms with Crippen LogP contribution in [0.25, 0.3) is 0 Å². The van der Waals surface area contributed by atoms with E-state index in [0.717, 1.165) is 25.7 Å². The fraction of sp³-hybridized carbons (Fsp3) is 0.857. The monoisotopic (exact) mass is 304 g/mol. The predicted molar refractivity (Wildman–Crippen MR) is 84.3 cm³/mol. The van der Waals surface area contributed by atoms with Crippen LogP contribution >= 0.6 is 11.8 Å². The fourth-order valence-electron chi connectivity index (χ4n) is 1.94. The van der Waals surface area contributed by atoms with E-state index >= 15 is 0 Å². The molecule has 0 atom stereocenters. The molecule has 0 unspecified atom stereocenters. The Bertz CT molecular complexity index is 286. The molecule has 0 radical (unpaired) electrons. The standard InChI is InChI=1S/C14H28N2O3S/c1-4-14(5-2,20-3)11-16-13(19)15-10-8-6-7-9-12(17)18/h4-11H2,1-3H3,(H,17,18)(H2,15,16,19). The molecule has 0 aromatic rings. The Labute approximate surface area is 126 Å². The lowest BCUT2D eigenvalue weighted by Gasteiger charge is -2.29. The van der Waals surface area contributed by atoms with E-state index in [9.17, 15) is 9.59 Å². The van der Waals surface area contributed by atoms with Crippen LogP contribution in [0.5, 0.6) is 0 Å². The number of rotatable bonds is 11. The summed E-state index contributed by atoms with van der Waals surface area (Å²) in [6.45, 7) is 5.55. The first kappa shape index (κ1) is 19.1. The van der Waals surface area contributed by atoms with E-state index in [0.29, 0.717) is 19.5 Å². The minimum absolute atomic E-state index is 0.124. The molecular weight excluding hydrogens is 276 g/mol. The number of hydrogen-bond acceptors (Lipinski definition) is 3. The van der Waals surface area contributed by atoms with Crippen molar-refractivity contribution in [2.45, 2.75) is 57.1 Å². The molecule has 3 N–H and O–H groups in total. The fourth-order valence-corrected chi connectivity index (χ4v) is 2.74. The van der Waals surface area contributed by atoms with Gasteiger partial charge in [0.25, 0.3) is 0 Å². The smallest absolute Gasteiger partial charge is 0.314 e. The van der Waals surface area contributed by atoms with Crippen LogP contribution in [-0.2, 0) is 4.79 Å². The molecule has 0 aromatic heterocycles. The van der Waals surface area contributed by atoms with Gasteiger partial charge in [0.1, 0.15) is 0 Å². The highest BCUT2D eigenvalue weighted by Crippen LogP contribution is 2.29. The van der Waals surface area contributed by atoms with Crippen molar-refractivity contribution >= 4 is 23.8 Å². The number of carbonyl (C=O) groups excluding carboxylic acids is 1. The third-order valence-electron chi connectivity index (χ3n) is 3.65. The van der Waals surface area contributed by atoms with Crippen molar-refractivity contribution in [1.82, 2.24) is 10.6 Å². The normalized spacial score (nSPS) is 11.2. The first-order chi connectivity index (χ1) is 9.49. The summed E-state index contributed by atoms with van der Waals surface area (Å²) in [5.41, 5.74) is 0. The van der Waals surface area contributed by atoms with Crippen LogP contribution in [0, 0.1) is 0 Å². The molecule has 0 fully saturated rings. The average Bonchev–Trinajstić information content (AvgIpc) is 2.44. The van der Waals surface area contributed by atoms with Crippen LogP contribution in [-0.4, -0.2) is 41.2 Å². The first-order valence-electron chi connectivity index (χ1n) is 7.28. The predicted octanol–water partition coefficient (Wildman–Crippen LogP) is 2.85. The van der Waals surface area contributed by atoms with Gasteiger partial charge in [-0.05, 0) is 31.9 Å². The molecule has 2 amide bonds. The molecule has 0 saturated heterocycles. The van der Waals surface area contributed by atoms with Crippen LogP contribution in [0.2, 0.25) is 0 Å². The molecule has 20 heavy (non-hydrogen) atoms. The number of nitrogens with one attached hydrogen (secondary N) is 2. The van der Waals surface area contributed by atoms with Gasteiger partial charge in [-0.1, -0.05) is 20.3 Å². The lowest BCUT2D eigenvalue weighted by molar-refractivity contribution is -0.137. The highest BCUT2D eigenvalue weighted by Gasteiger charge is 2.25. The van der Waals surface area contributed by atoms with E-state index in [2.05, 4.69) is 30.7 Å². The number of carboxylic acid groups (broad SMARTS) is 1. The summed E-state index contributed by atoms with van der Waals surface area (Å²) in [5.74, 6) is -0.761. The number of carboxylic acids is 1. The molecule has 0 aliphatic rings. The highest BCUT2D eigenvalue weighted by molar-refractivity contribution is 8.00. The van der Waals surface area contributed by atoms with E-state index in [4.69, 9.17) is 5.11 Å². The van der Waals surface area contributed by atoms with Crippen LogP contribution in [0.4, 0.5) is 4.79 Å². The second kappa shape index (κ2) is 10.8. The number of hydrogen-bond donors (Lipinski definition) is 3. The molecule has 0 rings (SSSR count). The first-order valence-corrected chi connectivity index (χ1v) is 8.50. The molecule has 0 aliphatic carbocycles. The van der Waals surface area contributed by atoms with Gasteiger partial charge in [-0.3, -0.25) is 4.79 Å². The third kappa shape index (κ3) is 8.30. The highest BCUT2D eigenvalue weighted by atomic mass is 32.2. The summed E-state index contributed by atoms with van der Waals surface area (Å²) in [6, 6.07) is -0.136. The van der Waals surface area contributed by atoms with Gasteiger partial charge in [-0.15, -0.1) is 0 Å². The largest absolute Gasteiger partial charge is 0.481 e. The van der Waals surface area contributed by atoms with Gasteiger partial charge in [-0.2, -0.15) is 11.8 Å². The molecule has 0 saturated carbocycles. The van der Waals surface area contributed by atoms with E-state index in [1.54, 1.807) is 11.8 Å². The van der Waals surface area contributed by atoms with Crippen molar-refractivity contribution in [3.8, 4) is 0 Å². The Hall–Kier alpha value is -0.910. The number of urea groups is 1. The molecule has 118 valence electrons. The van der Waals surface area contributed by atoms with Crippen molar-refractivity contribution in [2.24, 2.45) is 0 Å². The second-order valence-corrected chi connectivity index (χ2v) is 6.18. The van der Waals surface area contributed by atoms with Crippen molar-refractivity contribution in [3.63, 3.8) is 0 Å². The molecule has 0 aliphatic heterocycles. The van der Waals surface area contributed by atoms with Gasteiger partial charge in [0.2, 0.25) is 0 Å². The number of amides is 2. The summed E-state index contributed by atoms with van der Waals surface area (Å²) < 4.78 is 0.124.